The number of amides is 1. The van der Waals surface area contributed by atoms with E-state index in [1.54, 1.807) is 36.4 Å². The predicted molar refractivity (Wildman–Crippen MR) is 118 cm³/mol. The molecule has 0 bridgehead atoms. The van der Waals surface area contributed by atoms with Gasteiger partial charge >= 0.3 is 5.97 Å². The number of halogens is 1. The minimum atomic E-state index is -0.718. The fraction of sp³-hybridized carbons (Fsp3) is 0. The minimum absolute atomic E-state index is 0.187. The van der Waals surface area contributed by atoms with Gasteiger partial charge in [0.2, 0.25) is 0 Å². The van der Waals surface area contributed by atoms with Gasteiger partial charge in [0.05, 0.1) is 10.5 Å². The molecule has 0 heterocycles. The summed E-state index contributed by atoms with van der Waals surface area (Å²) >= 11 is 5.87. The Balaban J connectivity index is 1.70. The summed E-state index contributed by atoms with van der Waals surface area (Å²) in [6, 6.07) is 19.7. The number of nitrogens with zero attached hydrogens (tertiary/aromatic N) is 2. The summed E-state index contributed by atoms with van der Waals surface area (Å²) in [5.41, 5.74) is 0.603. The molecule has 0 aromatic heterocycles. The summed E-state index contributed by atoms with van der Waals surface area (Å²) in [4.78, 5) is 34.8. The Kier molecular flexibility index (Phi) is 6.95. The Morgan fingerprint density at radius 1 is 1.06 bits per heavy atom. The Labute approximate surface area is 187 Å². The average molecular weight is 448 g/mol. The Morgan fingerprint density at radius 2 is 1.78 bits per heavy atom. The number of nitrogens with one attached hydrogen (secondary N) is 1. The van der Waals surface area contributed by atoms with Gasteiger partial charge in [-0.2, -0.15) is 5.26 Å². The second-order valence-corrected chi connectivity index (χ2v) is 6.84. The first-order valence-corrected chi connectivity index (χ1v) is 9.49. The maximum Gasteiger partial charge on any atom is 0.343 e. The molecule has 9 heteroatoms. The van der Waals surface area contributed by atoms with E-state index in [1.165, 1.54) is 48.5 Å². The number of rotatable bonds is 6. The number of anilines is 1. The lowest BCUT2D eigenvalue weighted by Crippen LogP contribution is -2.13. The van der Waals surface area contributed by atoms with Crippen LogP contribution in [0.4, 0.5) is 11.4 Å². The Bertz CT molecular complexity index is 1260. The number of nitro benzene ring substituents is 1. The molecule has 0 aliphatic heterocycles. The summed E-state index contributed by atoms with van der Waals surface area (Å²) in [5, 5.41) is 23.0. The van der Waals surface area contributed by atoms with Crippen LogP contribution in [0.15, 0.2) is 78.4 Å². The highest BCUT2D eigenvalue weighted by atomic mass is 35.5. The molecule has 0 unspecified atom stereocenters. The smallest absolute Gasteiger partial charge is 0.343 e. The number of hydrogen-bond donors (Lipinski definition) is 1. The molecule has 0 atom stereocenters. The van der Waals surface area contributed by atoms with E-state index >= 15 is 0 Å². The lowest BCUT2D eigenvalue weighted by Gasteiger charge is -2.06. The number of nitro groups is 1. The summed E-state index contributed by atoms with van der Waals surface area (Å²) in [6.07, 6.45) is 1.34. The fourth-order valence-corrected chi connectivity index (χ4v) is 2.81. The zero-order valence-electron chi connectivity index (χ0n) is 16.3. The molecule has 8 nitrogen and oxygen atoms in total. The van der Waals surface area contributed by atoms with Gasteiger partial charge in [-0.05, 0) is 48.0 Å². The third kappa shape index (κ3) is 5.78. The van der Waals surface area contributed by atoms with E-state index in [2.05, 4.69) is 5.32 Å². The number of nitriles is 1. The summed E-state index contributed by atoms with van der Waals surface area (Å²) in [5.74, 6) is -1.03. The first-order valence-electron chi connectivity index (χ1n) is 9.11. The van der Waals surface area contributed by atoms with Crippen molar-refractivity contribution in [3.63, 3.8) is 0 Å². The molecule has 0 radical (unpaired) electrons. The van der Waals surface area contributed by atoms with E-state index in [0.29, 0.717) is 16.1 Å². The van der Waals surface area contributed by atoms with Crippen LogP contribution in [0.2, 0.25) is 5.02 Å². The lowest BCUT2D eigenvalue weighted by atomic mass is 10.1. The maximum absolute atomic E-state index is 12.4. The topological polar surface area (TPSA) is 122 Å². The molecule has 1 amide bonds. The van der Waals surface area contributed by atoms with Gasteiger partial charge in [0.1, 0.15) is 17.4 Å². The van der Waals surface area contributed by atoms with E-state index < -0.39 is 16.8 Å². The van der Waals surface area contributed by atoms with Crippen molar-refractivity contribution in [1.82, 2.24) is 0 Å². The maximum atomic E-state index is 12.4. The van der Waals surface area contributed by atoms with E-state index in [1.807, 2.05) is 0 Å². The van der Waals surface area contributed by atoms with Crippen LogP contribution in [0.25, 0.3) is 6.08 Å². The quantitative estimate of drug-likeness (QED) is 0.141. The van der Waals surface area contributed by atoms with Crippen molar-refractivity contribution in [2.75, 3.05) is 5.32 Å². The highest BCUT2D eigenvalue weighted by Gasteiger charge is 2.13. The Morgan fingerprint density at radius 3 is 2.44 bits per heavy atom. The fourth-order valence-electron chi connectivity index (χ4n) is 2.62. The largest absolute Gasteiger partial charge is 0.423 e. The molecule has 0 saturated carbocycles. The summed E-state index contributed by atoms with van der Waals surface area (Å²) < 4.78 is 5.28. The highest BCUT2D eigenvalue weighted by Crippen LogP contribution is 2.20. The van der Waals surface area contributed by atoms with Crippen LogP contribution in [0, 0.1) is 21.4 Å². The van der Waals surface area contributed by atoms with Crippen molar-refractivity contribution in [2.24, 2.45) is 0 Å². The molecule has 0 spiro atoms. The van der Waals surface area contributed by atoms with Gasteiger partial charge in [-0.1, -0.05) is 35.9 Å². The zero-order valence-corrected chi connectivity index (χ0v) is 17.1. The van der Waals surface area contributed by atoms with Crippen molar-refractivity contribution >= 4 is 40.9 Å². The van der Waals surface area contributed by atoms with E-state index in [-0.39, 0.29) is 22.7 Å². The van der Waals surface area contributed by atoms with Crippen LogP contribution in [-0.2, 0) is 4.79 Å². The number of esters is 1. The third-order valence-corrected chi connectivity index (χ3v) is 4.38. The molecule has 3 aromatic carbocycles. The van der Waals surface area contributed by atoms with Crippen molar-refractivity contribution < 1.29 is 19.2 Å². The molecule has 32 heavy (non-hydrogen) atoms. The van der Waals surface area contributed by atoms with Crippen LogP contribution >= 0.6 is 11.6 Å². The predicted octanol–water partition coefficient (Wildman–Crippen LogP) is 5.01. The molecule has 0 fully saturated rings. The van der Waals surface area contributed by atoms with Gasteiger partial charge in [0.25, 0.3) is 11.6 Å². The van der Waals surface area contributed by atoms with Gasteiger partial charge < -0.3 is 10.1 Å². The molecular formula is C23H14ClN3O5. The normalized spacial score (nSPS) is 10.7. The first kappa shape index (κ1) is 22.2. The molecule has 0 aliphatic carbocycles. The molecule has 158 valence electrons. The number of hydrogen-bond acceptors (Lipinski definition) is 6. The van der Waals surface area contributed by atoms with Crippen molar-refractivity contribution in [3.05, 3.63) is 105 Å². The summed E-state index contributed by atoms with van der Waals surface area (Å²) in [7, 11) is 0. The van der Waals surface area contributed by atoms with Crippen molar-refractivity contribution in [2.45, 2.75) is 0 Å². The monoisotopic (exact) mass is 447 g/mol. The zero-order chi connectivity index (χ0) is 23.1. The molecule has 0 saturated heterocycles. The second kappa shape index (κ2) is 10.0. The molecule has 3 aromatic rings. The SMILES string of the molecule is N#C/C(=C\c1ccc(OC(=O)c2cccc(Cl)c2)cc1)C(=O)Nc1cccc([N+](=O)[O-])c1. The average Bonchev–Trinajstić information content (AvgIpc) is 2.78. The van der Waals surface area contributed by atoms with Crippen molar-refractivity contribution in [3.8, 4) is 11.8 Å². The van der Waals surface area contributed by atoms with Gasteiger partial charge in [-0.25, -0.2) is 4.79 Å². The number of benzene rings is 3. The van der Waals surface area contributed by atoms with Crippen LogP contribution in [0.3, 0.4) is 0 Å². The van der Waals surface area contributed by atoms with E-state index in [4.69, 9.17) is 16.3 Å². The number of non-ortho nitro benzene ring substituents is 1. The lowest BCUT2D eigenvalue weighted by molar-refractivity contribution is -0.384. The van der Waals surface area contributed by atoms with E-state index in [9.17, 15) is 25.0 Å². The highest BCUT2D eigenvalue weighted by molar-refractivity contribution is 6.30. The standard InChI is InChI=1S/C23H14ClN3O5/c24-18-4-1-3-16(12-18)23(29)32-21-9-7-15(8-10-21)11-17(14-25)22(28)26-19-5-2-6-20(13-19)27(30)31/h1-13H,(H,26,28)/b17-11+. The number of carbonyl (C=O) groups is 2. The van der Waals surface area contributed by atoms with E-state index in [0.717, 1.165) is 0 Å². The van der Waals surface area contributed by atoms with Gasteiger partial charge in [-0.15, -0.1) is 0 Å². The minimum Gasteiger partial charge on any atom is -0.423 e. The first-order chi connectivity index (χ1) is 15.4. The van der Waals surface area contributed by atoms with Crippen LogP contribution in [0.1, 0.15) is 15.9 Å². The molecule has 3 rings (SSSR count). The number of ether oxygens (including phenoxy) is 1. The van der Waals surface area contributed by atoms with Gasteiger partial charge in [0.15, 0.2) is 0 Å². The van der Waals surface area contributed by atoms with Crippen LogP contribution < -0.4 is 10.1 Å². The van der Waals surface area contributed by atoms with Crippen LogP contribution in [0.5, 0.6) is 5.75 Å². The number of carbonyl (C=O) groups excluding carboxylic acids is 2. The molecule has 1 N–H and O–H groups in total. The second-order valence-electron chi connectivity index (χ2n) is 6.40. The van der Waals surface area contributed by atoms with Gasteiger partial charge in [0, 0.05) is 22.8 Å². The summed E-state index contributed by atoms with van der Waals surface area (Å²) in [6.45, 7) is 0. The van der Waals surface area contributed by atoms with Crippen molar-refractivity contribution in [1.29, 1.82) is 5.26 Å². The van der Waals surface area contributed by atoms with Gasteiger partial charge in [-0.3, -0.25) is 14.9 Å². The molecular weight excluding hydrogens is 434 g/mol. The molecule has 0 aliphatic rings. The van der Waals surface area contributed by atoms with Crippen LogP contribution in [-0.4, -0.2) is 16.8 Å². The third-order valence-electron chi connectivity index (χ3n) is 4.14. The Hall–Kier alpha value is -4.48.